The largest absolute Gasteiger partial charge is 0.337 e. The number of piperidine rings is 1. The number of nitrogens with zero attached hydrogens (tertiary/aromatic N) is 4. The molecular formula is C21H27N5O2. The molecule has 0 spiro atoms. The van der Waals surface area contributed by atoms with E-state index in [1.54, 1.807) is 6.20 Å². The lowest BCUT2D eigenvalue weighted by Gasteiger charge is -2.33. The molecule has 1 aromatic heterocycles. The summed E-state index contributed by atoms with van der Waals surface area (Å²) < 4.78 is 2.08. The van der Waals surface area contributed by atoms with Crippen LogP contribution in [0.2, 0.25) is 0 Å². The zero-order valence-electron chi connectivity index (χ0n) is 16.1. The second-order valence-electron chi connectivity index (χ2n) is 7.69. The Balaban J connectivity index is 1.27. The molecule has 0 saturated carbocycles. The molecule has 28 heavy (non-hydrogen) atoms. The summed E-state index contributed by atoms with van der Waals surface area (Å²) in [5.74, 6) is 0.655. The number of carbonyl (C=O) groups is 2. The van der Waals surface area contributed by atoms with Crippen LogP contribution in [0, 0.1) is 5.92 Å². The normalized spacial score (nSPS) is 19.9. The van der Waals surface area contributed by atoms with Crippen molar-refractivity contribution in [2.75, 3.05) is 24.5 Å². The van der Waals surface area contributed by atoms with Gasteiger partial charge in [-0.15, -0.1) is 0 Å². The summed E-state index contributed by atoms with van der Waals surface area (Å²) in [5, 5.41) is 3.03. The highest BCUT2D eigenvalue weighted by Gasteiger charge is 2.24. The Labute approximate surface area is 165 Å². The van der Waals surface area contributed by atoms with Crippen LogP contribution >= 0.6 is 0 Å². The van der Waals surface area contributed by atoms with Crippen LogP contribution in [0.4, 0.5) is 10.5 Å². The number of aromatic nitrogens is 2. The zero-order chi connectivity index (χ0) is 19.3. The maximum atomic E-state index is 12.6. The van der Waals surface area contributed by atoms with Crippen molar-refractivity contribution in [1.82, 2.24) is 19.8 Å². The number of urea groups is 1. The summed E-state index contributed by atoms with van der Waals surface area (Å²) in [6.45, 7) is 3.78. The standard InChI is InChI=1S/C21H27N5O2/c27-20-4-2-11-26(20)19-7-5-17(6-8-19)13-23-21(28)25-10-1-3-18(15-25)14-24-12-9-22-16-24/h5-9,12,16,18H,1-4,10-11,13-15H2,(H,23,28). The van der Waals surface area contributed by atoms with E-state index < -0.39 is 0 Å². The lowest BCUT2D eigenvalue weighted by molar-refractivity contribution is -0.117. The number of anilines is 1. The van der Waals surface area contributed by atoms with Crippen LogP contribution < -0.4 is 10.2 Å². The lowest BCUT2D eigenvalue weighted by Crippen LogP contribution is -2.46. The molecule has 1 aromatic carbocycles. The van der Waals surface area contributed by atoms with E-state index in [9.17, 15) is 9.59 Å². The molecule has 0 radical (unpaired) electrons. The van der Waals surface area contributed by atoms with Crippen LogP contribution in [-0.4, -0.2) is 46.0 Å². The number of hydrogen-bond donors (Lipinski definition) is 1. The minimum Gasteiger partial charge on any atom is -0.337 e. The predicted octanol–water partition coefficient (Wildman–Crippen LogP) is 2.63. The van der Waals surface area contributed by atoms with E-state index in [0.29, 0.717) is 18.9 Å². The first-order valence-electron chi connectivity index (χ1n) is 10.1. The number of hydrogen-bond acceptors (Lipinski definition) is 3. The molecule has 2 saturated heterocycles. The fourth-order valence-corrected chi connectivity index (χ4v) is 4.10. The molecule has 3 heterocycles. The number of nitrogens with one attached hydrogen (secondary N) is 1. The van der Waals surface area contributed by atoms with Gasteiger partial charge in [0.25, 0.3) is 0 Å². The molecule has 7 heteroatoms. The molecule has 2 aliphatic heterocycles. The van der Waals surface area contributed by atoms with Crippen molar-refractivity contribution >= 4 is 17.6 Å². The minimum absolute atomic E-state index is 0.00544. The minimum atomic E-state index is -0.00544. The Morgan fingerprint density at radius 3 is 2.75 bits per heavy atom. The van der Waals surface area contributed by atoms with Crippen molar-refractivity contribution in [3.05, 3.63) is 48.5 Å². The molecule has 3 amide bonds. The van der Waals surface area contributed by atoms with Gasteiger partial charge in [-0.05, 0) is 42.9 Å². The molecule has 0 aliphatic carbocycles. The van der Waals surface area contributed by atoms with Crippen molar-refractivity contribution in [3.63, 3.8) is 0 Å². The SMILES string of the molecule is O=C(NCc1ccc(N2CCCC2=O)cc1)N1CCCC(Cn2ccnc2)C1. The summed E-state index contributed by atoms with van der Waals surface area (Å²) in [6.07, 6.45) is 9.32. The second-order valence-corrected chi connectivity index (χ2v) is 7.69. The fraction of sp³-hybridized carbons (Fsp3) is 0.476. The van der Waals surface area contributed by atoms with E-state index in [1.165, 1.54) is 0 Å². The Hall–Kier alpha value is -2.83. The molecule has 1 unspecified atom stereocenters. The molecular weight excluding hydrogens is 354 g/mol. The van der Waals surface area contributed by atoms with E-state index in [0.717, 1.165) is 56.7 Å². The average Bonchev–Trinajstić information content (AvgIpc) is 3.38. The van der Waals surface area contributed by atoms with E-state index in [-0.39, 0.29) is 11.9 Å². The lowest BCUT2D eigenvalue weighted by atomic mass is 9.98. The van der Waals surface area contributed by atoms with E-state index in [2.05, 4.69) is 14.9 Å². The first-order valence-corrected chi connectivity index (χ1v) is 10.1. The number of imidazole rings is 1. The molecule has 4 rings (SSSR count). The molecule has 7 nitrogen and oxygen atoms in total. The second kappa shape index (κ2) is 8.46. The molecule has 2 fully saturated rings. The molecule has 148 valence electrons. The summed E-state index contributed by atoms with van der Waals surface area (Å²) >= 11 is 0. The number of carbonyl (C=O) groups excluding carboxylic acids is 2. The predicted molar refractivity (Wildman–Crippen MR) is 107 cm³/mol. The maximum Gasteiger partial charge on any atom is 0.317 e. The van der Waals surface area contributed by atoms with Gasteiger partial charge in [-0.2, -0.15) is 0 Å². The van der Waals surface area contributed by atoms with Gasteiger partial charge < -0.3 is 19.7 Å². The fourth-order valence-electron chi connectivity index (χ4n) is 4.10. The van der Waals surface area contributed by atoms with Gasteiger partial charge in [-0.3, -0.25) is 4.79 Å². The van der Waals surface area contributed by atoms with E-state index in [1.807, 2.05) is 46.6 Å². The third kappa shape index (κ3) is 4.35. The van der Waals surface area contributed by atoms with Crippen LogP contribution in [-0.2, 0) is 17.9 Å². The first-order chi connectivity index (χ1) is 13.7. The number of likely N-dealkylation sites (tertiary alicyclic amines) is 1. The zero-order valence-corrected chi connectivity index (χ0v) is 16.1. The van der Waals surface area contributed by atoms with Crippen LogP contribution in [0.3, 0.4) is 0 Å². The highest BCUT2D eigenvalue weighted by atomic mass is 16.2. The highest BCUT2D eigenvalue weighted by Crippen LogP contribution is 2.22. The first kappa shape index (κ1) is 18.5. The van der Waals surface area contributed by atoms with Gasteiger partial charge >= 0.3 is 6.03 Å². The maximum absolute atomic E-state index is 12.6. The molecule has 1 atom stereocenters. The van der Waals surface area contributed by atoms with Gasteiger partial charge in [0.2, 0.25) is 5.91 Å². The topological polar surface area (TPSA) is 70.5 Å². The number of amides is 3. The smallest absolute Gasteiger partial charge is 0.317 e. The van der Waals surface area contributed by atoms with E-state index >= 15 is 0 Å². The van der Waals surface area contributed by atoms with Gasteiger partial charge in [-0.25, -0.2) is 9.78 Å². The number of benzene rings is 1. The average molecular weight is 381 g/mol. The van der Waals surface area contributed by atoms with Gasteiger partial charge in [0.1, 0.15) is 0 Å². The van der Waals surface area contributed by atoms with Crippen LogP contribution in [0.5, 0.6) is 0 Å². The van der Waals surface area contributed by atoms with Crippen molar-refractivity contribution in [2.24, 2.45) is 5.92 Å². The molecule has 2 aliphatic rings. The van der Waals surface area contributed by atoms with Crippen molar-refractivity contribution in [2.45, 2.75) is 38.8 Å². The van der Waals surface area contributed by atoms with Crippen molar-refractivity contribution < 1.29 is 9.59 Å². The van der Waals surface area contributed by atoms with Gasteiger partial charge in [0, 0.05) is 57.2 Å². The summed E-state index contributed by atoms with van der Waals surface area (Å²) in [5.41, 5.74) is 1.98. The van der Waals surface area contributed by atoms with Crippen LogP contribution in [0.1, 0.15) is 31.2 Å². The van der Waals surface area contributed by atoms with Gasteiger partial charge in [-0.1, -0.05) is 12.1 Å². The highest BCUT2D eigenvalue weighted by molar-refractivity contribution is 5.95. The third-order valence-electron chi connectivity index (χ3n) is 5.60. The quantitative estimate of drug-likeness (QED) is 0.866. The summed E-state index contributed by atoms with van der Waals surface area (Å²) in [7, 11) is 0. The molecule has 2 aromatic rings. The Morgan fingerprint density at radius 1 is 1.18 bits per heavy atom. The van der Waals surface area contributed by atoms with Crippen LogP contribution in [0.25, 0.3) is 0 Å². The van der Waals surface area contributed by atoms with Crippen molar-refractivity contribution in [1.29, 1.82) is 0 Å². The van der Waals surface area contributed by atoms with Crippen LogP contribution in [0.15, 0.2) is 43.0 Å². The third-order valence-corrected chi connectivity index (χ3v) is 5.60. The number of rotatable bonds is 5. The Kier molecular flexibility index (Phi) is 5.60. The summed E-state index contributed by atoms with van der Waals surface area (Å²) in [4.78, 5) is 32.3. The van der Waals surface area contributed by atoms with Gasteiger partial charge in [0.05, 0.1) is 6.33 Å². The Morgan fingerprint density at radius 2 is 2.04 bits per heavy atom. The van der Waals surface area contributed by atoms with Crippen molar-refractivity contribution in [3.8, 4) is 0 Å². The molecule has 0 bridgehead atoms. The van der Waals surface area contributed by atoms with Gasteiger partial charge in [0.15, 0.2) is 0 Å². The summed E-state index contributed by atoms with van der Waals surface area (Å²) in [6, 6.07) is 7.90. The molecule has 1 N–H and O–H groups in total. The van der Waals surface area contributed by atoms with E-state index in [4.69, 9.17) is 0 Å². The Bertz CT molecular complexity index is 803. The monoisotopic (exact) mass is 381 g/mol.